The molecule has 17 heavy (non-hydrogen) atoms. The number of Topliss-reactive ketones (excluding diaryl/α,β-unsaturated/α-hetero) is 1. The van der Waals surface area contributed by atoms with E-state index >= 15 is 0 Å². The van der Waals surface area contributed by atoms with Crippen LogP contribution in [-0.4, -0.2) is 25.1 Å². The molecule has 4 heteroatoms. The first-order valence-electron chi connectivity index (χ1n) is 5.81. The number of benzene rings is 1. The van der Waals surface area contributed by atoms with E-state index in [0.29, 0.717) is 23.6 Å². The Morgan fingerprint density at radius 2 is 2.41 bits per heavy atom. The number of nitrogen functional groups attached to an aromatic ring is 1. The van der Waals surface area contributed by atoms with Crippen LogP contribution in [-0.2, 0) is 4.74 Å². The second-order valence-corrected chi connectivity index (χ2v) is 4.26. The maximum atomic E-state index is 11.4. The lowest BCUT2D eigenvalue weighted by Crippen LogP contribution is -2.17. The fraction of sp³-hybridized carbons (Fsp3) is 0.462. The molecule has 1 saturated heterocycles. The molecule has 0 radical (unpaired) electrons. The van der Waals surface area contributed by atoms with Crippen LogP contribution in [0.4, 0.5) is 5.69 Å². The van der Waals surface area contributed by atoms with Crippen molar-refractivity contribution in [1.29, 1.82) is 0 Å². The Bertz CT molecular complexity index is 411. The smallest absolute Gasteiger partial charge is 0.163 e. The summed E-state index contributed by atoms with van der Waals surface area (Å²) in [6, 6.07) is 5.12. The van der Waals surface area contributed by atoms with E-state index in [1.807, 2.05) is 0 Å². The minimum absolute atomic E-state index is 0.0420. The lowest BCUT2D eigenvalue weighted by atomic mass is 10.1. The first-order chi connectivity index (χ1) is 8.16. The topological polar surface area (TPSA) is 61.6 Å². The van der Waals surface area contributed by atoms with Crippen LogP contribution in [0.2, 0.25) is 0 Å². The average Bonchev–Trinajstić information content (AvgIpc) is 2.80. The van der Waals surface area contributed by atoms with Crippen LogP contribution in [0.3, 0.4) is 0 Å². The highest BCUT2D eigenvalue weighted by atomic mass is 16.5. The molecule has 0 saturated carbocycles. The first-order valence-corrected chi connectivity index (χ1v) is 5.81. The second kappa shape index (κ2) is 5.19. The van der Waals surface area contributed by atoms with Gasteiger partial charge in [0, 0.05) is 12.3 Å². The van der Waals surface area contributed by atoms with Crippen molar-refractivity contribution in [3.05, 3.63) is 23.8 Å². The third-order valence-corrected chi connectivity index (χ3v) is 2.83. The molecule has 1 fully saturated rings. The minimum Gasteiger partial charge on any atom is -0.490 e. The zero-order chi connectivity index (χ0) is 12.3. The number of rotatable bonds is 4. The lowest BCUT2D eigenvalue weighted by Gasteiger charge is -2.13. The monoisotopic (exact) mass is 235 g/mol. The van der Waals surface area contributed by atoms with E-state index in [1.54, 1.807) is 18.2 Å². The van der Waals surface area contributed by atoms with Gasteiger partial charge in [-0.2, -0.15) is 0 Å². The Balaban J connectivity index is 2.06. The van der Waals surface area contributed by atoms with E-state index in [4.69, 9.17) is 15.2 Å². The van der Waals surface area contributed by atoms with Crippen LogP contribution >= 0.6 is 0 Å². The van der Waals surface area contributed by atoms with Gasteiger partial charge in [-0.15, -0.1) is 0 Å². The predicted molar refractivity (Wildman–Crippen MR) is 65.3 cm³/mol. The summed E-state index contributed by atoms with van der Waals surface area (Å²) in [7, 11) is 0. The molecule has 0 bridgehead atoms. The summed E-state index contributed by atoms with van der Waals surface area (Å²) < 4.78 is 11.1. The van der Waals surface area contributed by atoms with Crippen molar-refractivity contribution in [3.8, 4) is 5.75 Å². The molecule has 0 amide bonds. The Hall–Kier alpha value is -1.55. The van der Waals surface area contributed by atoms with Gasteiger partial charge in [0.15, 0.2) is 5.78 Å². The molecule has 1 aliphatic heterocycles. The maximum Gasteiger partial charge on any atom is 0.163 e. The van der Waals surface area contributed by atoms with Crippen LogP contribution in [0.1, 0.15) is 30.1 Å². The summed E-state index contributed by atoms with van der Waals surface area (Å²) in [6.45, 7) is 2.80. The fourth-order valence-corrected chi connectivity index (χ4v) is 1.91. The van der Waals surface area contributed by atoms with E-state index in [-0.39, 0.29) is 11.9 Å². The van der Waals surface area contributed by atoms with Gasteiger partial charge in [-0.25, -0.2) is 0 Å². The molecule has 0 spiro atoms. The molecule has 1 aromatic carbocycles. The van der Waals surface area contributed by atoms with Gasteiger partial charge >= 0.3 is 0 Å². The van der Waals surface area contributed by atoms with Gasteiger partial charge in [-0.1, -0.05) is 0 Å². The summed E-state index contributed by atoms with van der Waals surface area (Å²) in [6.07, 6.45) is 2.24. The molecule has 1 aliphatic rings. The molecule has 1 unspecified atom stereocenters. The summed E-state index contributed by atoms with van der Waals surface area (Å²) in [5, 5.41) is 0. The summed E-state index contributed by atoms with van der Waals surface area (Å²) >= 11 is 0. The third kappa shape index (κ3) is 2.97. The highest BCUT2D eigenvalue weighted by molar-refractivity contribution is 5.97. The van der Waals surface area contributed by atoms with Gasteiger partial charge < -0.3 is 15.2 Å². The van der Waals surface area contributed by atoms with E-state index in [1.165, 1.54) is 6.92 Å². The van der Waals surface area contributed by atoms with Crippen molar-refractivity contribution < 1.29 is 14.3 Å². The summed E-state index contributed by atoms with van der Waals surface area (Å²) in [4.78, 5) is 11.4. The molecule has 2 N–H and O–H groups in total. The number of ketones is 1. The molecule has 4 nitrogen and oxygen atoms in total. The molecular weight excluding hydrogens is 218 g/mol. The Morgan fingerprint density at radius 3 is 3.06 bits per heavy atom. The number of nitrogens with two attached hydrogens (primary N) is 1. The molecule has 0 aliphatic carbocycles. The Kier molecular flexibility index (Phi) is 3.64. The zero-order valence-electron chi connectivity index (χ0n) is 9.94. The average molecular weight is 235 g/mol. The molecule has 1 heterocycles. The van der Waals surface area contributed by atoms with Crippen molar-refractivity contribution in [1.82, 2.24) is 0 Å². The highest BCUT2D eigenvalue weighted by Crippen LogP contribution is 2.23. The maximum absolute atomic E-state index is 11.4. The van der Waals surface area contributed by atoms with E-state index in [2.05, 4.69) is 0 Å². The number of ether oxygens (including phenoxy) is 2. The van der Waals surface area contributed by atoms with Crippen molar-refractivity contribution in [2.45, 2.75) is 25.9 Å². The van der Waals surface area contributed by atoms with Gasteiger partial charge in [-0.05, 0) is 38.0 Å². The lowest BCUT2D eigenvalue weighted by molar-refractivity contribution is 0.0673. The summed E-state index contributed by atoms with van der Waals surface area (Å²) in [5.41, 5.74) is 6.75. The number of carbonyl (C=O) groups excluding carboxylic acids is 1. The number of carbonyl (C=O) groups is 1. The third-order valence-electron chi connectivity index (χ3n) is 2.83. The molecule has 1 aromatic rings. The largest absolute Gasteiger partial charge is 0.490 e. The number of hydrogen-bond donors (Lipinski definition) is 1. The number of hydrogen-bond acceptors (Lipinski definition) is 4. The second-order valence-electron chi connectivity index (χ2n) is 4.26. The van der Waals surface area contributed by atoms with Crippen molar-refractivity contribution in [2.24, 2.45) is 0 Å². The normalized spacial score (nSPS) is 19.2. The van der Waals surface area contributed by atoms with Gasteiger partial charge in [0.1, 0.15) is 12.4 Å². The zero-order valence-corrected chi connectivity index (χ0v) is 9.94. The van der Waals surface area contributed by atoms with E-state index in [0.717, 1.165) is 19.4 Å². The SMILES string of the molecule is CC(=O)c1cc(N)ccc1OCC1CCCO1. The van der Waals surface area contributed by atoms with Gasteiger partial charge in [0.25, 0.3) is 0 Å². The van der Waals surface area contributed by atoms with Crippen LogP contribution in [0.15, 0.2) is 18.2 Å². The molecule has 2 rings (SSSR count). The van der Waals surface area contributed by atoms with E-state index in [9.17, 15) is 4.79 Å². The van der Waals surface area contributed by atoms with Crippen LogP contribution in [0.25, 0.3) is 0 Å². The van der Waals surface area contributed by atoms with Crippen LogP contribution in [0, 0.1) is 0 Å². The molecular formula is C13H17NO3. The van der Waals surface area contributed by atoms with E-state index < -0.39 is 0 Å². The quantitative estimate of drug-likeness (QED) is 0.640. The van der Waals surface area contributed by atoms with Crippen molar-refractivity contribution >= 4 is 11.5 Å². The standard InChI is InChI=1S/C13H17NO3/c1-9(15)12-7-10(14)4-5-13(12)17-8-11-3-2-6-16-11/h4-5,7,11H,2-3,6,8,14H2,1H3. The van der Waals surface area contributed by atoms with Gasteiger partial charge in [0.2, 0.25) is 0 Å². The molecule has 1 atom stereocenters. The van der Waals surface area contributed by atoms with Crippen LogP contribution < -0.4 is 10.5 Å². The van der Waals surface area contributed by atoms with Gasteiger partial charge in [-0.3, -0.25) is 4.79 Å². The highest BCUT2D eigenvalue weighted by Gasteiger charge is 2.17. The predicted octanol–water partition coefficient (Wildman–Crippen LogP) is 2.03. The van der Waals surface area contributed by atoms with Crippen molar-refractivity contribution in [3.63, 3.8) is 0 Å². The minimum atomic E-state index is -0.0420. The molecule has 92 valence electrons. The Morgan fingerprint density at radius 1 is 1.59 bits per heavy atom. The summed E-state index contributed by atoms with van der Waals surface area (Å²) in [5.74, 6) is 0.543. The van der Waals surface area contributed by atoms with Crippen LogP contribution in [0.5, 0.6) is 5.75 Å². The number of anilines is 1. The first kappa shape index (κ1) is 11.9. The Labute approximate surface area is 101 Å². The fourth-order valence-electron chi connectivity index (χ4n) is 1.91. The molecule has 0 aromatic heterocycles. The van der Waals surface area contributed by atoms with Gasteiger partial charge in [0.05, 0.1) is 11.7 Å². The van der Waals surface area contributed by atoms with Crippen molar-refractivity contribution in [2.75, 3.05) is 18.9 Å².